The fraction of sp³-hybridized carbons (Fsp3) is 0.500. The molecule has 0 amide bonds. The number of carboxylic acids is 2. The molecular formula is C4H20CoO10. The monoisotopic (exact) mass is 287 g/mol. The van der Waals surface area contributed by atoms with E-state index in [1.54, 1.807) is 0 Å². The molecule has 0 aliphatic carbocycles. The maximum absolute atomic E-state index is 9.00. The van der Waals surface area contributed by atoms with E-state index in [0.717, 1.165) is 13.8 Å². The number of hydrogen-bond acceptors (Lipinski definition) is 2. The first-order valence-electron chi connectivity index (χ1n) is 1.86. The van der Waals surface area contributed by atoms with Crippen LogP contribution in [0.4, 0.5) is 0 Å². The van der Waals surface area contributed by atoms with E-state index in [-0.39, 0.29) is 49.6 Å². The van der Waals surface area contributed by atoms with Crippen LogP contribution >= 0.6 is 0 Å². The Kier molecular flexibility index (Phi) is 442. The summed E-state index contributed by atoms with van der Waals surface area (Å²) in [4.78, 5) is 18.0. The van der Waals surface area contributed by atoms with Gasteiger partial charge in [0, 0.05) is 30.6 Å². The van der Waals surface area contributed by atoms with Gasteiger partial charge in [-0.1, -0.05) is 0 Å². The van der Waals surface area contributed by atoms with E-state index in [0.29, 0.717) is 0 Å². The Bertz CT molecular complexity index is 75.4. The van der Waals surface area contributed by atoms with Crippen molar-refractivity contribution in [3.05, 3.63) is 0 Å². The second kappa shape index (κ2) is 72.6. The summed E-state index contributed by atoms with van der Waals surface area (Å²) in [5.74, 6) is -1.67. The maximum Gasteiger partial charge on any atom is 0.300 e. The van der Waals surface area contributed by atoms with Crippen LogP contribution < -0.4 is 0 Å². The first-order chi connectivity index (χ1) is 3.46. The van der Waals surface area contributed by atoms with E-state index in [4.69, 9.17) is 19.8 Å². The van der Waals surface area contributed by atoms with E-state index in [2.05, 4.69) is 0 Å². The van der Waals surface area contributed by atoms with Crippen molar-refractivity contribution in [1.29, 1.82) is 0 Å². The van der Waals surface area contributed by atoms with Crippen LogP contribution in [-0.4, -0.2) is 55.0 Å². The molecule has 0 unspecified atom stereocenters. The quantitative estimate of drug-likeness (QED) is 0.443. The molecule has 0 aromatic rings. The van der Waals surface area contributed by atoms with Crippen molar-refractivity contribution in [2.75, 3.05) is 0 Å². The molecular weight excluding hydrogens is 267 g/mol. The van der Waals surface area contributed by atoms with Crippen LogP contribution in [0.5, 0.6) is 0 Å². The third-order valence-corrected chi connectivity index (χ3v) is 0. The van der Waals surface area contributed by atoms with Crippen LogP contribution in [0.2, 0.25) is 0 Å². The largest absolute Gasteiger partial charge is 0.481 e. The van der Waals surface area contributed by atoms with Crippen molar-refractivity contribution < 1.29 is 69.4 Å². The van der Waals surface area contributed by atoms with Crippen LogP contribution in [0.15, 0.2) is 0 Å². The molecule has 1 radical (unpaired) electrons. The van der Waals surface area contributed by atoms with Crippen LogP contribution in [0.25, 0.3) is 0 Å². The Labute approximate surface area is 96.0 Å². The number of hydrogen-bond donors (Lipinski definition) is 2. The van der Waals surface area contributed by atoms with Gasteiger partial charge in [0.05, 0.1) is 0 Å². The number of aliphatic carboxylic acids is 2. The van der Waals surface area contributed by atoms with Gasteiger partial charge in [0.15, 0.2) is 0 Å². The Balaban J connectivity index is -0.00000000468. The molecule has 0 heterocycles. The SMILES string of the molecule is CC(=O)O.CC(=O)O.O.O.O.O.O.O.[Co]. The summed E-state index contributed by atoms with van der Waals surface area (Å²) < 4.78 is 0. The van der Waals surface area contributed by atoms with Gasteiger partial charge in [0.25, 0.3) is 11.9 Å². The normalized spacial score (nSPS) is 3.33. The zero-order valence-electron chi connectivity index (χ0n) is 8.04. The van der Waals surface area contributed by atoms with Crippen LogP contribution in [-0.2, 0) is 26.4 Å². The minimum atomic E-state index is -0.833. The molecule has 0 saturated carbocycles. The third-order valence-electron chi connectivity index (χ3n) is 0. The molecule has 0 rings (SSSR count). The average Bonchev–Trinajstić information content (AvgIpc) is 1.25. The molecule has 0 aliphatic rings. The average molecular weight is 287 g/mol. The molecule has 0 spiro atoms. The Morgan fingerprint density at radius 3 is 0.667 bits per heavy atom. The summed E-state index contributed by atoms with van der Waals surface area (Å²) >= 11 is 0. The van der Waals surface area contributed by atoms with Gasteiger partial charge in [-0.2, -0.15) is 0 Å². The Morgan fingerprint density at radius 2 is 0.667 bits per heavy atom. The van der Waals surface area contributed by atoms with Gasteiger partial charge in [-0.05, 0) is 0 Å². The minimum absolute atomic E-state index is 0. The van der Waals surface area contributed by atoms with Crippen LogP contribution in [0, 0.1) is 0 Å². The molecule has 0 aromatic heterocycles. The van der Waals surface area contributed by atoms with Crippen molar-refractivity contribution >= 4 is 11.9 Å². The van der Waals surface area contributed by atoms with E-state index in [1.165, 1.54) is 0 Å². The third kappa shape index (κ3) is 2630. The Morgan fingerprint density at radius 1 is 0.667 bits per heavy atom. The molecule has 10 nitrogen and oxygen atoms in total. The van der Waals surface area contributed by atoms with Crippen molar-refractivity contribution in [3.63, 3.8) is 0 Å². The topological polar surface area (TPSA) is 264 Å². The predicted octanol–water partition coefficient (Wildman–Crippen LogP) is -4.77. The van der Waals surface area contributed by atoms with E-state index in [1.807, 2.05) is 0 Å². The van der Waals surface area contributed by atoms with Crippen molar-refractivity contribution in [1.82, 2.24) is 0 Å². The zero-order chi connectivity index (χ0) is 7.15. The second-order valence-electron chi connectivity index (χ2n) is 1.04. The summed E-state index contributed by atoms with van der Waals surface area (Å²) in [5.41, 5.74) is 0. The van der Waals surface area contributed by atoms with Gasteiger partial charge in [-0.3, -0.25) is 9.59 Å². The number of carboxylic acid groups (broad SMARTS) is 2. The molecule has 0 aliphatic heterocycles. The van der Waals surface area contributed by atoms with E-state index >= 15 is 0 Å². The molecule has 11 heteroatoms. The van der Waals surface area contributed by atoms with Crippen molar-refractivity contribution in [2.24, 2.45) is 0 Å². The van der Waals surface area contributed by atoms with Gasteiger partial charge in [0.1, 0.15) is 0 Å². The smallest absolute Gasteiger partial charge is 0.300 e. The Hall–Kier alpha value is -0.794. The van der Waals surface area contributed by atoms with Gasteiger partial charge in [-0.25, -0.2) is 0 Å². The van der Waals surface area contributed by atoms with E-state index < -0.39 is 11.9 Å². The zero-order valence-corrected chi connectivity index (χ0v) is 9.09. The molecule has 0 saturated heterocycles. The number of rotatable bonds is 0. The van der Waals surface area contributed by atoms with Gasteiger partial charge in [0.2, 0.25) is 0 Å². The molecule has 0 fully saturated rings. The van der Waals surface area contributed by atoms with Crippen molar-refractivity contribution in [3.8, 4) is 0 Å². The molecule has 14 N–H and O–H groups in total. The number of carbonyl (C=O) groups is 2. The summed E-state index contributed by atoms with van der Waals surface area (Å²) in [6.07, 6.45) is 0. The maximum atomic E-state index is 9.00. The first-order valence-corrected chi connectivity index (χ1v) is 1.86. The molecule has 15 heavy (non-hydrogen) atoms. The predicted molar refractivity (Wildman–Crippen MR) is 48.3 cm³/mol. The van der Waals surface area contributed by atoms with Gasteiger partial charge >= 0.3 is 0 Å². The summed E-state index contributed by atoms with van der Waals surface area (Å²) in [5, 5.41) is 14.8. The summed E-state index contributed by atoms with van der Waals surface area (Å²) in [7, 11) is 0. The molecule has 0 atom stereocenters. The first kappa shape index (κ1) is 91.4. The fourth-order valence-electron chi connectivity index (χ4n) is 0. The van der Waals surface area contributed by atoms with Crippen LogP contribution in [0.3, 0.4) is 0 Å². The molecule has 0 bridgehead atoms. The fourth-order valence-corrected chi connectivity index (χ4v) is 0. The van der Waals surface area contributed by atoms with E-state index in [9.17, 15) is 0 Å². The van der Waals surface area contributed by atoms with Crippen LogP contribution in [0.1, 0.15) is 13.8 Å². The summed E-state index contributed by atoms with van der Waals surface area (Å²) in [6.45, 7) is 2.17. The second-order valence-corrected chi connectivity index (χ2v) is 1.04. The van der Waals surface area contributed by atoms with Gasteiger partial charge in [-0.15, -0.1) is 0 Å². The standard InChI is InChI=1S/2C2H4O2.Co.6H2O/c2*1-2(3)4;;;;;;;/h2*1H3,(H,3,4);;6*1H2. The molecule has 105 valence electrons. The van der Waals surface area contributed by atoms with Gasteiger partial charge < -0.3 is 43.1 Å². The minimum Gasteiger partial charge on any atom is -0.481 e. The summed E-state index contributed by atoms with van der Waals surface area (Å²) in [6, 6.07) is 0. The van der Waals surface area contributed by atoms with Crippen molar-refractivity contribution in [2.45, 2.75) is 13.8 Å². The molecule has 0 aromatic carbocycles.